The molecule has 8 nitrogen and oxygen atoms in total. The number of hydrogen-bond acceptors (Lipinski definition) is 6. The number of allylic oxidation sites excluding steroid dienone is 2. The second kappa shape index (κ2) is 5.55. The molecular formula is C14H14N4O4. The Balaban J connectivity index is 1.73. The topological polar surface area (TPSA) is 111 Å². The van der Waals surface area contributed by atoms with E-state index in [1.807, 2.05) is 0 Å². The van der Waals surface area contributed by atoms with Gasteiger partial charge in [0, 0.05) is 18.2 Å². The molecule has 0 amide bonds. The van der Waals surface area contributed by atoms with Gasteiger partial charge in [-0.05, 0) is 30.7 Å². The van der Waals surface area contributed by atoms with Crippen LogP contribution in [0.3, 0.4) is 0 Å². The SMILES string of the molecule is O=[N+]([O-])c1ccc(N/N=C\[C@@H]2C[C@@H]3C=C[C@H]2C3)c([N+](=O)[O-])c1. The van der Waals surface area contributed by atoms with E-state index in [2.05, 4.69) is 22.7 Å². The maximum atomic E-state index is 11.0. The van der Waals surface area contributed by atoms with Crippen LogP contribution in [0.1, 0.15) is 12.8 Å². The largest absolute Gasteiger partial charge is 0.301 e. The van der Waals surface area contributed by atoms with Crippen molar-refractivity contribution in [1.82, 2.24) is 0 Å². The van der Waals surface area contributed by atoms with Crippen LogP contribution in [0.15, 0.2) is 35.5 Å². The molecular weight excluding hydrogens is 288 g/mol. The lowest BCUT2D eigenvalue weighted by Crippen LogP contribution is -2.09. The molecule has 2 aliphatic rings. The number of nitrogens with one attached hydrogen (secondary N) is 1. The number of anilines is 1. The molecule has 1 aromatic carbocycles. The predicted molar refractivity (Wildman–Crippen MR) is 80.7 cm³/mol. The van der Waals surface area contributed by atoms with Crippen LogP contribution >= 0.6 is 0 Å². The van der Waals surface area contributed by atoms with E-state index in [1.54, 1.807) is 6.21 Å². The molecule has 8 heteroatoms. The highest BCUT2D eigenvalue weighted by molar-refractivity contribution is 5.69. The van der Waals surface area contributed by atoms with Gasteiger partial charge in [-0.2, -0.15) is 5.10 Å². The van der Waals surface area contributed by atoms with Gasteiger partial charge in [0.05, 0.1) is 15.9 Å². The third-order valence-electron chi connectivity index (χ3n) is 4.17. The molecule has 3 atom stereocenters. The first-order valence-electron chi connectivity index (χ1n) is 6.95. The molecule has 0 aromatic heterocycles. The third-order valence-corrected chi connectivity index (χ3v) is 4.17. The Morgan fingerprint density at radius 2 is 2.00 bits per heavy atom. The highest BCUT2D eigenvalue weighted by Crippen LogP contribution is 2.42. The van der Waals surface area contributed by atoms with Crippen molar-refractivity contribution >= 4 is 23.3 Å². The molecule has 1 fully saturated rings. The number of rotatable bonds is 5. The van der Waals surface area contributed by atoms with Crippen LogP contribution in [-0.2, 0) is 0 Å². The van der Waals surface area contributed by atoms with E-state index in [1.165, 1.54) is 12.1 Å². The van der Waals surface area contributed by atoms with Crippen LogP contribution in [-0.4, -0.2) is 16.1 Å². The van der Waals surface area contributed by atoms with Gasteiger partial charge in [-0.25, -0.2) is 0 Å². The fourth-order valence-electron chi connectivity index (χ4n) is 3.08. The van der Waals surface area contributed by atoms with Crippen LogP contribution in [0.5, 0.6) is 0 Å². The summed E-state index contributed by atoms with van der Waals surface area (Å²) in [4.78, 5) is 20.4. The Kier molecular flexibility index (Phi) is 3.58. The molecule has 0 radical (unpaired) electrons. The summed E-state index contributed by atoms with van der Waals surface area (Å²) in [5.41, 5.74) is 2.09. The zero-order valence-corrected chi connectivity index (χ0v) is 11.6. The minimum atomic E-state index is -0.665. The fourth-order valence-corrected chi connectivity index (χ4v) is 3.08. The quantitative estimate of drug-likeness (QED) is 0.389. The first kappa shape index (κ1) is 14.2. The van der Waals surface area contributed by atoms with E-state index in [4.69, 9.17) is 0 Å². The number of fused-ring (bicyclic) bond motifs is 2. The van der Waals surface area contributed by atoms with Gasteiger partial charge in [0.15, 0.2) is 0 Å². The summed E-state index contributed by atoms with van der Waals surface area (Å²) in [6, 6.07) is 3.44. The Hall–Kier alpha value is -2.77. The second-order valence-corrected chi connectivity index (χ2v) is 5.55. The van der Waals surface area contributed by atoms with Crippen molar-refractivity contribution in [2.75, 3.05) is 5.43 Å². The number of hydrogen-bond donors (Lipinski definition) is 1. The summed E-state index contributed by atoms with van der Waals surface area (Å²) in [6.45, 7) is 0. The lowest BCUT2D eigenvalue weighted by Gasteiger charge is -2.12. The maximum Gasteiger partial charge on any atom is 0.301 e. The summed E-state index contributed by atoms with van der Waals surface area (Å²) >= 11 is 0. The first-order valence-corrected chi connectivity index (χ1v) is 6.95. The summed E-state index contributed by atoms with van der Waals surface area (Å²) in [5, 5.41) is 25.8. The van der Waals surface area contributed by atoms with E-state index in [-0.39, 0.29) is 17.1 Å². The van der Waals surface area contributed by atoms with E-state index in [0.29, 0.717) is 17.8 Å². The molecule has 1 N–H and O–H groups in total. The van der Waals surface area contributed by atoms with Crippen molar-refractivity contribution in [1.29, 1.82) is 0 Å². The van der Waals surface area contributed by atoms with Crippen LogP contribution in [0.25, 0.3) is 0 Å². The van der Waals surface area contributed by atoms with Crippen molar-refractivity contribution < 1.29 is 9.85 Å². The van der Waals surface area contributed by atoms with Gasteiger partial charge < -0.3 is 0 Å². The Labute approximate surface area is 125 Å². The monoisotopic (exact) mass is 302 g/mol. The highest BCUT2D eigenvalue weighted by atomic mass is 16.6. The summed E-state index contributed by atoms with van der Waals surface area (Å²) in [5.74, 6) is 1.47. The van der Waals surface area contributed by atoms with Crippen LogP contribution in [0, 0.1) is 38.0 Å². The molecule has 0 spiro atoms. The van der Waals surface area contributed by atoms with E-state index in [0.717, 1.165) is 18.9 Å². The van der Waals surface area contributed by atoms with Crippen molar-refractivity contribution in [2.24, 2.45) is 22.9 Å². The maximum absolute atomic E-state index is 11.0. The summed E-state index contributed by atoms with van der Waals surface area (Å²) < 4.78 is 0. The molecule has 0 saturated heterocycles. The van der Waals surface area contributed by atoms with E-state index in [9.17, 15) is 20.2 Å². The predicted octanol–water partition coefficient (Wildman–Crippen LogP) is 3.11. The van der Waals surface area contributed by atoms with E-state index < -0.39 is 9.85 Å². The number of nitro groups is 2. The Morgan fingerprint density at radius 1 is 1.18 bits per heavy atom. The number of nitro benzene ring substituents is 2. The zero-order valence-electron chi connectivity index (χ0n) is 11.6. The Bertz CT molecular complexity index is 685. The first-order chi connectivity index (χ1) is 10.5. The Morgan fingerprint density at radius 3 is 2.59 bits per heavy atom. The molecule has 2 aliphatic carbocycles. The number of nitrogens with zero attached hydrogens (tertiary/aromatic N) is 3. The second-order valence-electron chi connectivity index (χ2n) is 5.55. The van der Waals surface area contributed by atoms with Gasteiger partial charge in [0.2, 0.25) is 0 Å². The lowest BCUT2D eigenvalue weighted by atomic mass is 9.95. The highest BCUT2D eigenvalue weighted by Gasteiger charge is 2.34. The number of benzene rings is 1. The van der Waals surface area contributed by atoms with Gasteiger partial charge in [-0.3, -0.25) is 25.7 Å². The molecule has 0 aliphatic heterocycles. The molecule has 1 aromatic rings. The van der Waals surface area contributed by atoms with Gasteiger partial charge in [-0.15, -0.1) is 0 Å². The molecule has 1 saturated carbocycles. The molecule has 2 bridgehead atoms. The average Bonchev–Trinajstić information content (AvgIpc) is 3.09. The summed E-state index contributed by atoms with van der Waals surface area (Å²) in [6.07, 6.45) is 8.39. The van der Waals surface area contributed by atoms with Gasteiger partial charge in [-0.1, -0.05) is 12.2 Å². The van der Waals surface area contributed by atoms with Gasteiger partial charge >= 0.3 is 5.69 Å². The normalized spacial score (nSPS) is 25.7. The number of non-ortho nitro benzene ring substituents is 1. The lowest BCUT2D eigenvalue weighted by molar-refractivity contribution is -0.393. The molecule has 22 heavy (non-hydrogen) atoms. The van der Waals surface area contributed by atoms with Crippen molar-refractivity contribution in [2.45, 2.75) is 12.8 Å². The van der Waals surface area contributed by atoms with Crippen molar-refractivity contribution in [3.63, 3.8) is 0 Å². The van der Waals surface area contributed by atoms with Crippen molar-refractivity contribution in [3.8, 4) is 0 Å². The van der Waals surface area contributed by atoms with Gasteiger partial charge in [0.1, 0.15) is 5.69 Å². The van der Waals surface area contributed by atoms with Crippen molar-refractivity contribution in [3.05, 3.63) is 50.6 Å². The summed E-state index contributed by atoms with van der Waals surface area (Å²) in [7, 11) is 0. The van der Waals surface area contributed by atoms with Crippen LogP contribution in [0.4, 0.5) is 17.1 Å². The van der Waals surface area contributed by atoms with E-state index >= 15 is 0 Å². The molecule has 114 valence electrons. The average molecular weight is 302 g/mol. The standard InChI is InChI=1S/C14H14N4O4/c19-17(20)12-3-4-13(14(7-12)18(21)22)16-15-8-11-6-9-1-2-10(11)5-9/h1-4,7-11,16H,5-6H2/b15-8-/t9-,10+,11+/m1/s1. The molecule has 0 heterocycles. The minimum absolute atomic E-state index is 0.144. The minimum Gasteiger partial charge on any atom is -0.272 e. The number of hydrazone groups is 1. The third kappa shape index (κ3) is 2.67. The smallest absolute Gasteiger partial charge is 0.272 e. The molecule has 0 unspecified atom stereocenters. The van der Waals surface area contributed by atoms with Crippen LogP contribution in [0.2, 0.25) is 0 Å². The molecule has 3 rings (SSSR count). The van der Waals surface area contributed by atoms with Crippen LogP contribution < -0.4 is 5.43 Å². The zero-order chi connectivity index (χ0) is 15.7. The van der Waals surface area contributed by atoms with Gasteiger partial charge in [0.25, 0.3) is 5.69 Å². The fraction of sp³-hybridized carbons (Fsp3) is 0.357.